The monoisotopic (exact) mass is 551 g/mol. The van der Waals surface area contributed by atoms with E-state index in [0.717, 1.165) is 42.6 Å². The number of carbonyl (C=O) groups is 1. The molecule has 9 nitrogen and oxygen atoms in total. The SMILES string of the molecule is CN1CCC(NCOCc2cnc(NNC(=S)NC3c4ccccc4CCc4ncccc43)c(Cl)c2)C1=O. The summed E-state index contributed by atoms with van der Waals surface area (Å²) in [6.45, 7) is 1.35. The van der Waals surface area contributed by atoms with Crippen LogP contribution < -0.4 is 21.5 Å². The highest BCUT2D eigenvalue weighted by Crippen LogP contribution is 2.31. The molecule has 2 atom stereocenters. The Labute approximate surface area is 232 Å². The molecule has 1 aliphatic heterocycles. The molecule has 5 rings (SSSR count). The maximum Gasteiger partial charge on any atom is 0.239 e. The van der Waals surface area contributed by atoms with E-state index in [1.165, 1.54) is 11.1 Å². The van der Waals surface area contributed by atoms with Crippen LogP contribution in [0.25, 0.3) is 0 Å². The molecule has 0 spiro atoms. The third-order valence-corrected chi connectivity index (χ3v) is 7.34. The number of halogens is 1. The molecule has 11 heteroatoms. The highest BCUT2D eigenvalue weighted by Gasteiger charge is 2.28. The quantitative estimate of drug-likeness (QED) is 0.145. The van der Waals surface area contributed by atoms with Gasteiger partial charge in [0.05, 0.1) is 30.4 Å². The summed E-state index contributed by atoms with van der Waals surface area (Å²) in [6.07, 6.45) is 6.11. The number of ether oxygens (including phenoxy) is 1. The van der Waals surface area contributed by atoms with Crippen LogP contribution in [-0.2, 0) is 29.0 Å². The van der Waals surface area contributed by atoms with Crippen molar-refractivity contribution in [3.63, 3.8) is 0 Å². The Morgan fingerprint density at radius 2 is 2.03 bits per heavy atom. The molecule has 38 heavy (non-hydrogen) atoms. The number of benzene rings is 1. The van der Waals surface area contributed by atoms with Gasteiger partial charge in [-0.2, -0.15) is 0 Å². The van der Waals surface area contributed by atoms with Gasteiger partial charge >= 0.3 is 0 Å². The molecule has 2 unspecified atom stereocenters. The Hall–Kier alpha value is -3.31. The number of thiocarbonyl (C=S) groups is 1. The van der Waals surface area contributed by atoms with Gasteiger partial charge in [-0.3, -0.25) is 25.9 Å². The first-order valence-corrected chi connectivity index (χ1v) is 13.3. The topological polar surface area (TPSA) is 103 Å². The molecule has 1 fully saturated rings. The number of nitrogens with zero attached hydrogens (tertiary/aromatic N) is 3. The summed E-state index contributed by atoms with van der Waals surface area (Å²) in [5.74, 6) is 0.540. The van der Waals surface area contributed by atoms with E-state index in [0.29, 0.717) is 22.6 Å². The van der Waals surface area contributed by atoms with E-state index in [9.17, 15) is 4.79 Å². The number of fused-ring (bicyclic) bond motifs is 2. The molecule has 1 aliphatic carbocycles. The molecule has 3 aromatic rings. The fourth-order valence-electron chi connectivity index (χ4n) is 4.81. The zero-order valence-electron chi connectivity index (χ0n) is 21.0. The van der Waals surface area contributed by atoms with Crippen molar-refractivity contribution in [2.45, 2.75) is 38.0 Å². The first-order valence-electron chi connectivity index (χ1n) is 12.5. The number of carbonyl (C=O) groups excluding carboxylic acids is 1. The van der Waals surface area contributed by atoms with Crippen LogP contribution in [0.5, 0.6) is 0 Å². The summed E-state index contributed by atoms with van der Waals surface area (Å²) in [5, 5.41) is 7.39. The lowest BCUT2D eigenvalue weighted by molar-refractivity contribution is -0.128. The van der Waals surface area contributed by atoms with Crippen molar-refractivity contribution in [1.82, 2.24) is 30.9 Å². The highest BCUT2D eigenvalue weighted by atomic mass is 35.5. The normalized spacial score (nSPS) is 18.4. The number of pyridine rings is 2. The van der Waals surface area contributed by atoms with Crippen LogP contribution in [0.15, 0.2) is 54.9 Å². The van der Waals surface area contributed by atoms with Gasteiger partial charge in [0.25, 0.3) is 0 Å². The first kappa shape index (κ1) is 26.3. The summed E-state index contributed by atoms with van der Waals surface area (Å²) in [4.78, 5) is 22.7. The molecule has 4 N–H and O–H groups in total. The maximum absolute atomic E-state index is 11.9. The van der Waals surface area contributed by atoms with Crippen molar-refractivity contribution in [3.05, 3.63) is 87.8 Å². The minimum absolute atomic E-state index is 0.0952. The van der Waals surface area contributed by atoms with Crippen molar-refractivity contribution in [2.75, 3.05) is 25.7 Å². The van der Waals surface area contributed by atoms with E-state index in [-0.39, 0.29) is 24.7 Å². The molecular formula is C27H30ClN7O2S. The molecule has 0 saturated carbocycles. The van der Waals surface area contributed by atoms with Gasteiger partial charge in [0.15, 0.2) is 10.9 Å². The van der Waals surface area contributed by atoms with E-state index >= 15 is 0 Å². The second-order valence-electron chi connectivity index (χ2n) is 9.37. The van der Waals surface area contributed by atoms with Gasteiger partial charge in [-0.25, -0.2) is 4.98 Å². The Balaban J connectivity index is 1.15. The van der Waals surface area contributed by atoms with E-state index in [2.05, 4.69) is 55.7 Å². The maximum atomic E-state index is 11.9. The van der Waals surface area contributed by atoms with Gasteiger partial charge in [0, 0.05) is 37.2 Å². The van der Waals surface area contributed by atoms with Crippen LogP contribution in [0.1, 0.15) is 40.4 Å². The summed E-state index contributed by atoms with van der Waals surface area (Å²) in [7, 11) is 1.80. The minimum atomic E-state index is -0.187. The molecule has 1 aromatic carbocycles. The zero-order chi connectivity index (χ0) is 26.5. The van der Waals surface area contributed by atoms with Crippen LogP contribution in [0, 0.1) is 0 Å². The van der Waals surface area contributed by atoms with Crippen molar-refractivity contribution in [2.24, 2.45) is 0 Å². The number of aromatic nitrogens is 2. The summed E-state index contributed by atoms with van der Waals surface area (Å²) < 4.78 is 5.66. The highest BCUT2D eigenvalue weighted by molar-refractivity contribution is 7.80. The third-order valence-electron chi connectivity index (χ3n) is 6.83. The molecule has 3 heterocycles. The van der Waals surface area contributed by atoms with E-state index in [1.807, 2.05) is 18.3 Å². The molecule has 1 amide bonds. The average molecular weight is 552 g/mol. The van der Waals surface area contributed by atoms with Gasteiger partial charge in [0.2, 0.25) is 5.91 Å². The standard InChI is InChI=1S/C27H30ClN7O2S/c1-35-12-10-23(26(35)36)31-16-37-15-17-13-21(28)25(30-14-17)33-34-27(38)32-24-19-6-3-2-5-18(19)8-9-22-20(24)7-4-11-29-22/h2-7,11,13-14,23-24,31H,8-10,12,15-16H2,1H3,(H,30,33)(H2,32,34,38). The van der Waals surface area contributed by atoms with Gasteiger partial charge in [-0.05, 0) is 60.3 Å². The van der Waals surface area contributed by atoms with Crippen LogP contribution in [0.4, 0.5) is 5.82 Å². The smallest absolute Gasteiger partial charge is 0.239 e. The number of hydrazine groups is 1. The van der Waals surface area contributed by atoms with E-state index in [4.69, 9.17) is 28.6 Å². The number of likely N-dealkylation sites (tertiary alicyclic amines) is 1. The van der Waals surface area contributed by atoms with E-state index in [1.54, 1.807) is 24.2 Å². The molecule has 2 aliphatic rings. The predicted molar refractivity (Wildman–Crippen MR) is 151 cm³/mol. The molecule has 2 aromatic heterocycles. The fourth-order valence-corrected chi connectivity index (χ4v) is 5.22. The van der Waals surface area contributed by atoms with Crippen LogP contribution >= 0.6 is 23.8 Å². The minimum Gasteiger partial charge on any atom is -0.362 e. The first-order chi connectivity index (χ1) is 18.5. The van der Waals surface area contributed by atoms with Crippen molar-refractivity contribution in [1.29, 1.82) is 0 Å². The Morgan fingerprint density at radius 1 is 1.18 bits per heavy atom. The number of anilines is 1. The number of hydrogen-bond acceptors (Lipinski definition) is 7. The molecule has 0 radical (unpaired) electrons. The van der Waals surface area contributed by atoms with Gasteiger partial charge in [-0.1, -0.05) is 41.9 Å². The summed E-state index contributed by atoms with van der Waals surface area (Å²) >= 11 is 12.1. The summed E-state index contributed by atoms with van der Waals surface area (Å²) in [6, 6.07) is 13.9. The number of hydrogen-bond donors (Lipinski definition) is 4. The number of rotatable bonds is 8. The Morgan fingerprint density at radius 3 is 2.84 bits per heavy atom. The second-order valence-corrected chi connectivity index (χ2v) is 10.2. The van der Waals surface area contributed by atoms with Gasteiger partial charge in [-0.15, -0.1) is 0 Å². The molecule has 198 valence electrons. The van der Waals surface area contributed by atoms with Crippen molar-refractivity contribution < 1.29 is 9.53 Å². The number of amides is 1. The van der Waals surface area contributed by atoms with Crippen molar-refractivity contribution in [3.8, 4) is 0 Å². The predicted octanol–water partition coefficient (Wildman–Crippen LogP) is 3.10. The summed E-state index contributed by atoms with van der Waals surface area (Å²) in [5.41, 5.74) is 11.5. The third kappa shape index (κ3) is 6.05. The van der Waals surface area contributed by atoms with Crippen molar-refractivity contribution >= 4 is 40.7 Å². The molecule has 1 saturated heterocycles. The Bertz CT molecular complexity index is 1280. The largest absolute Gasteiger partial charge is 0.362 e. The lowest BCUT2D eigenvalue weighted by atomic mass is 9.96. The second kappa shape index (κ2) is 12.0. The fraction of sp³-hybridized carbons (Fsp3) is 0.333. The average Bonchev–Trinajstić information content (AvgIpc) is 3.16. The lowest BCUT2D eigenvalue weighted by Crippen LogP contribution is -2.41. The number of nitrogens with one attached hydrogen (secondary N) is 4. The Kier molecular flexibility index (Phi) is 8.33. The van der Waals surface area contributed by atoms with E-state index < -0.39 is 0 Å². The van der Waals surface area contributed by atoms with Crippen LogP contribution in [-0.4, -0.2) is 52.3 Å². The molecular weight excluding hydrogens is 522 g/mol. The van der Waals surface area contributed by atoms with Crippen LogP contribution in [0.3, 0.4) is 0 Å². The zero-order valence-corrected chi connectivity index (χ0v) is 22.6. The number of aryl methyl sites for hydroxylation is 2. The lowest BCUT2D eigenvalue weighted by Gasteiger charge is -2.23. The van der Waals surface area contributed by atoms with Gasteiger partial charge < -0.3 is 15.0 Å². The van der Waals surface area contributed by atoms with Crippen LogP contribution in [0.2, 0.25) is 5.02 Å². The molecule has 0 bridgehead atoms. The number of likely N-dealkylation sites (N-methyl/N-ethyl adjacent to an activating group) is 1. The van der Waals surface area contributed by atoms with Gasteiger partial charge in [0.1, 0.15) is 0 Å².